The molecule has 1 heterocycles. The summed E-state index contributed by atoms with van der Waals surface area (Å²) in [7, 11) is 0. The molecule has 1 fully saturated rings. The van der Waals surface area contributed by atoms with E-state index in [-0.39, 0.29) is 6.04 Å². The van der Waals surface area contributed by atoms with Crippen LogP contribution in [0.1, 0.15) is 30.0 Å². The van der Waals surface area contributed by atoms with E-state index in [4.69, 9.17) is 5.73 Å². The van der Waals surface area contributed by atoms with Gasteiger partial charge in [0, 0.05) is 19.1 Å². The van der Waals surface area contributed by atoms with Crippen LogP contribution in [0.4, 0.5) is 0 Å². The van der Waals surface area contributed by atoms with Crippen molar-refractivity contribution in [3.05, 3.63) is 35.4 Å². The summed E-state index contributed by atoms with van der Waals surface area (Å²) in [5, 5.41) is 0. The Bertz CT molecular complexity index is 410. The van der Waals surface area contributed by atoms with Gasteiger partial charge >= 0.3 is 0 Å². The molecule has 0 amide bonds. The molecule has 0 bridgehead atoms. The number of fused-ring (bicyclic) bond motifs is 1. The summed E-state index contributed by atoms with van der Waals surface area (Å²) in [5.41, 5.74) is 9.74. The van der Waals surface area contributed by atoms with Gasteiger partial charge in [-0.05, 0) is 42.1 Å². The molecule has 1 aliphatic heterocycles. The number of nitrogens with two attached hydrogens (primary N) is 1. The van der Waals surface area contributed by atoms with Crippen LogP contribution in [0, 0.1) is 5.41 Å². The molecule has 1 spiro atoms. The third-order valence-corrected chi connectivity index (χ3v) is 5.45. The summed E-state index contributed by atoms with van der Waals surface area (Å²) in [6.45, 7) is 2.37. The molecule has 2 N–H and O–H groups in total. The Morgan fingerprint density at radius 1 is 1.29 bits per heavy atom. The van der Waals surface area contributed by atoms with Crippen LogP contribution in [0.5, 0.6) is 0 Å². The molecule has 1 unspecified atom stereocenters. The lowest BCUT2D eigenvalue weighted by Gasteiger charge is -2.41. The molecular weight excluding hydrogens is 228 g/mol. The van der Waals surface area contributed by atoms with Crippen LogP contribution < -0.4 is 5.73 Å². The van der Waals surface area contributed by atoms with Crippen molar-refractivity contribution in [2.75, 3.05) is 19.3 Å². The average Bonchev–Trinajstić information content (AvgIpc) is 2.65. The summed E-state index contributed by atoms with van der Waals surface area (Å²) < 4.78 is 2.46. The van der Waals surface area contributed by atoms with Gasteiger partial charge in [-0.25, -0.2) is 0 Å². The normalized spacial score (nSPS) is 27.3. The van der Waals surface area contributed by atoms with Crippen molar-refractivity contribution in [1.29, 1.82) is 0 Å². The zero-order chi connectivity index (χ0) is 11.9. The monoisotopic (exact) mass is 248 g/mol. The minimum absolute atomic E-state index is 0.253. The van der Waals surface area contributed by atoms with Crippen LogP contribution in [-0.2, 0) is 6.42 Å². The fourth-order valence-corrected chi connectivity index (χ4v) is 3.97. The molecule has 0 saturated carbocycles. The average molecular weight is 248 g/mol. The maximum atomic E-state index is 6.52. The molecule has 17 heavy (non-hydrogen) atoms. The van der Waals surface area contributed by atoms with E-state index in [1.165, 1.54) is 43.5 Å². The van der Waals surface area contributed by atoms with E-state index in [0.29, 0.717) is 5.41 Å². The Labute approximate surface area is 108 Å². The van der Waals surface area contributed by atoms with Gasteiger partial charge in [0.25, 0.3) is 0 Å². The van der Waals surface area contributed by atoms with Gasteiger partial charge in [0.1, 0.15) is 0 Å². The van der Waals surface area contributed by atoms with E-state index >= 15 is 0 Å². The SMILES string of the molecule is CSN1CCC2(CC1)Cc1ccccc1C2N. The zero-order valence-electron chi connectivity index (χ0n) is 10.4. The lowest BCUT2D eigenvalue weighted by Crippen LogP contribution is -2.41. The van der Waals surface area contributed by atoms with Crippen molar-refractivity contribution in [2.24, 2.45) is 11.1 Å². The summed E-state index contributed by atoms with van der Waals surface area (Å²) in [5.74, 6) is 0. The number of benzene rings is 1. The van der Waals surface area contributed by atoms with Gasteiger partial charge in [0.2, 0.25) is 0 Å². The smallest absolute Gasteiger partial charge is 0.0359 e. The minimum Gasteiger partial charge on any atom is -0.323 e. The topological polar surface area (TPSA) is 29.3 Å². The second-order valence-electron chi connectivity index (χ2n) is 5.33. The van der Waals surface area contributed by atoms with Crippen molar-refractivity contribution in [2.45, 2.75) is 25.3 Å². The van der Waals surface area contributed by atoms with Crippen LogP contribution >= 0.6 is 11.9 Å². The third kappa shape index (κ3) is 1.81. The highest BCUT2D eigenvalue weighted by Gasteiger charge is 2.45. The largest absolute Gasteiger partial charge is 0.323 e. The molecule has 2 nitrogen and oxygen atoms in total. The van der Waals surface area contributed by atoms with Crippen LogP contribution in [-0.4, -0.2) is 23.7 Å². The second-order valence-corrected chi connectivity index (χ2v) is 6.21. The predicted molar refractivity (Wildman–Crippen MR) is 73.8 cm³/mol. The standard InChI is InChI=1S/C14H20N2S/c1-17-16-8-6-14(7-9-16)10-11-4-2-3-5-12(11)13(14)15/h2-5,13H,6-10,15H2,1H3. The van der Waals surface area contributed by atoms with Crippen LogP contribution in [0.2, 0.25) is 0 Å². The lowest BCUT2D eigenvalue weighted by atomic mass is 9.73. The number of hydrogen-bond donors (Lipinski definition) is 1. The Kier molecular flexibility index (Phi) is 2.93. The zero-order valence-corrected chi connectivity index (χ0v) is 11.2. The van der Waals surface area contributed by atoms with E-state index in [1.807, 2.05) is 11.9 Å². The number of piperidine rings is 1. The first kappa shape index (κ1) is 11.6. The molecule has 1 atom stereocenters. The van der Waals surface area contributed by atoms with Crippen molar-refractivity contribution in [3.63, 3.8) is 0 Å². The molecule has 3 rings (SSSR count). The quantitative estimate of drug-likeness (QED) is 0.775. The van der Waals surface area contributed by atoms with Gasteiger partial charge in [0.05, 0.1) is 0 Å². The van der Waals surface area contributed by atoms with Gasteiger partial charge < -0.3 is 5.73 Å². The maximum Gasteiger partial charge on any atom is 0.0359 e. The minimum atomic E-state index is 0.253. The van der Waals surface area contributed by atoms with Crippen molar-refractivity contribution >= 4 is 11.9 Å². The van der Waals surface area contributed by atoms with E-state index < -0.39 is 0 Å². The number of hydrogen-bond acceptors (Lipinski definition) is 3. The van der Waals surface area contributed by atoms with Gasteiger partial charge in [-0.1, -0.05) is 36.2 Å². The molecule has 2 aliphatic rings. The fourth-order valence-electron chi connectivity index (χ4n) is 3.42. The Morgan fingerprint density at radius 3 is 2.65 bits per heavy atom. The summed E-state index contributed by atoms with van der Waals surface area (Å²) in [6.07, 6.45) is 5.83. The van der Waals surface area contributed by atoms with E-state index in [1.54, 1.807) is 0 Å². The summed E-state index contributed by atoms with van der Waals surface area (Å²) >= 11 is 1.87. The molecule has 1 aliphatic carbocycles. The molecule has 0 radical (unpaired) electrons. The second kappa shape index (κ2) is 4.30. The first-order valence-corrected chi connectivity index (χ1v) is 7.56. The highest BCUT2D eigenvalue weighted by molar-refractivity contribution is 7.96. The predicted octanol–water partition coefficient (Wildman–Crippen LogP) is 2.60. The molecule has 1 saturated heterocycles. The highest BCUT2D eigenvalue weighted by Crippen LogP contribution is 2.50. The van der Waals surface area contributed by atoms with E-state index in [0.717, 1.165) is 0 Å². The molecular formula is C14H20N2S. The molecule has 1 aromatic carbocycles. The Hall–Kier alpha value is -0.510. The third-order valence-electron chi connectivity index (χ3n) is 4.57. The molecule has 1 aromatic rings. The van der Waals surface area contributed by atoms with Gasteiger partial charge in [0.15, 0.2) is 0 Å². The number of rotatable bonds is 1. The maximum absolute atomic E-state index is 6.52. The van der Waals surface area contributed by atoms with Gasteiger partial charge in [-0.3, -0.25) is 4.31 Å². The Morgan fingerprint density at radius 2 is 2.00 bits per heavy atom. The van der Waals surface area contributed by atoms with Crippen LogP contribution in [0.15, 0.2) is 24.3 Å². The van der Waals surface area contributed by atoms with E-state index in [2.05, 4.69) is 34.8 Å². The first-order valence-electron chi connectivity index (χ1n) is 6.38. The van der Waals surface area contributed by atoms with Crippen LogP contribution in [0.3, 0.4) is 0 Å². The molecule has 92 valence electrons. The highest BCUT2D eigenvalue weighted by atomic mass is 32.2. The molecule has 0 aromatic heterocycles. The van der Waals surface area contributed by atoms with Gasteiger partial charge in [-0.15, -0.1) is 0 Å². The lowest BCUT2D eigenvalue weighted by molar-refractivity contribution is 0.139. The fraction of sp³-hybridized carbons (Fsp3) is 0.571. The van der Waals surface area contributed by atoms with Crippen molar-refractivity contribution in [1.82, 2.24) is 4.31 Å². The van der Waals surface area contributed by atoms with Crippen molar-refractivity contribution < 1.29 is 0 Å². The molecule has 3 heteroatoms. The summed E-state index contributed by atoms with van der Waals surface area (Å²) in [6, 6.07) is 8.99. The van der Waals surface area contributed by atoms with Crippen LogP contribution in [0.25, 0.3) is 0 Å². The van der Waals surface area contributed by atoms with Crippen molar-refractivity contribution in [3.8, 4) is 0 Å². The summed E-state index contributed by atoms with van der Waals surface area (Å²) in [4.78, 5) is 0. The van der Waals surface area contributed by atoms with E-state index in [9.17, 15) is 0 Å². The van der Waals surface area contributed by atoms with Gasteiger partial charge in [-0.2, -0.15) is 0 Å². The Balaban J connectivity index is 1.84. The number of nitrogens with zero attached hydrogens (tertiary/aromatic N) is 1. The first-order chi connectivity index (χ1) is 8.25.